The number of nitro benzene ring substituents is 1. The van der Waals surface area contributed by atoms with Crippen LogP contribution >= 0.6 is 0 Å². The van der Waals surface area contributed by atoms with Crippen LogP contribution in [-0.4, -0.2) is 23.3 Å². The topological polar surface area (TPSA) is 86.5 Å². The number of nitro groups is 1. The number of carbonyl (C=O) groups is 2. The molecule has 0 aromatic heterocycles. The molecule has 0 N–H and O–H groups in total. The van der Waals surface area contributed by atoms with E-state index in [1.807, 2.05) is 0 Å². The van der Waals surface area contributed by atoms with E-state index in [1.165, 1.54) is 24.3 Å². The van der Waals surface area contributed by atoms with E-state index in [-0.39, 0.29) is 17.0 Å². The zero-order valence-electron chi connectivity index (χ0n) is 10.9. The molecule has 6 heteroatoms. The van der Waals surface area contributed by atoms with Crippen molar-refractivity contribution in [2.24, 2.45) is 0 Å². The maximum atomic E-state index is 11.8. The standard InChI is InChI=1S/C15H11NO5/c17-14(11-6-2-1-3-7-11)10-21-15(18)12-8-4-5-9-13(12)16(19)20/h1-9H,10H2. The van der Waals surface area contributed by atoms with E-state index in [0.717, 1.165) is 0 Å². The monoisotopic (exact) mass is 285 g/mol. The molecule has 0 aliphatic heterocycles. The normalized spacial score (nSPS) is 9.90. The molecule has 2 aromatic carbocycles. The minimum atomic E-state index is -0.897. The van der Waals surface area contributed by atoms with Crippen LogP contribution in [0.3, 0.4) is 0 Å². The molecule has 0 spiro atoms. The maximum Gasteiger partial charge on any atom is 0.345 e. The summed E-state index contributed by atoms with van der Waals surface area (Å²) in [4.78, 5) is 33.8. The molecule has 0 unspecified atom stereocenters. The highest BCUT2D eigenvalue weighted by Crippen LogP contribution is 2.18. The number of ether oxygens (including phenoxy) is 1. The lowest BCUT2D eigenvalue weighted by Crippen LogP contribution is -2.15. The highest BCUT2D eigenvalue weighted by Gasteiger charge is 2.21. The number of carbonyl (C=O) groups excluding carboxylic acids is 2. The van der Waals surface area contributed by atoms with Crippen LogP contribution in [0.4, 0.5) is 5.69 Å². The first kappa shape index (κ1) is 14.4. The molecule has 6 nitrogen and oxygen atoms in total. The number of esters is 1. The number of para-hydroxylation sites is 1. The van der Waals surface area contributed by atoms with E-state index in [0.29, 0.717) is 5.56 Å². The highest BCUT2D eigenvalue weighted by atomic mass is 16.6. The molecule has 0 bridgehead atoms. The Kier molecular flexibility index (Phi) is 4.40. The van der Waals surface area contributed by atoms with Gasteiger partial charge in [-0.15, -0.1) is 0 Å². The molecule has 0 saturated heterocycles. The van der Waals surface area contributed by atoms with Crippen molar-refractivity contribution in [2.75, 3.05) is 6.61 Å². The smallest absolute Gasteiger partial charge is 0.345 e. The molecule has 21 heavy (non-hydrogen) atoms. The quantitative estimate of drug-likeness (QED) is 0.365. The third-order valence-electron chi connectivity index (χ3n) is 2.75. The summed E-state index contributed by atoms with van der Waals surface area (Å²) in [5.41, 5.74) is -0.120. The van der Waals surface area contributed by atoms with Crippen LogP contribution in [0.15, 0.2) is 54.6 Å². The van der Waals surface area contributed by atoms with Gasteiger partial charge in [-0.1, -0.05) is 42.5 Å². The van der Waals surface area contributed by atoms with Crippen molar-refractivity contribution in [1.29, 1.82) is 0 Å². The first-order valence-electron chi connectivity index (χ1n) is 6.08. The van der Waals surface area contributed by atoms with Gasteiger partial charge >= 0.3 is 5.97 Å². The number of hydrogen-bond donors (Lipinski definition) is 0. The van der Waals surface area contributed by atoms with Gasteiger partial charge in [-0.3, -0.25) is 14.9 Å². The summed E-state index contributed by atoms with van der Waals surface area (Å²) in [7, 11) is 0. The number of ketones is 1. The van der Waals surface area contributed by atoms with Crippen LogP contribution in [0.5, 0.6) is 0 Å². The van der Waals surface area contributed by atoms with E-state index in [2.05, 4.69) is 0 Å². The molecule has 2 aromatic rings. The lowest BCUT2D eigenvalue weighted by atomic mass is 10.1. The van der Waals surface area contributed by atoms with Crippen molar-refractivity contribution < 1.29 is 19.2 Å². The first-order valence-corrected chi connectivity index (χ1v) is 6.08. The molecule has 0 radical (unpaired) electrons. The third-order valence-corrected chi connectivity index (χ3v) is 2.75. The second-order valence-electron chi connectivity index (χ2n) is 4.14. The summed E-state index contributed by atoms with van der Waals surface area (Å²) in [6, 6.07) is 13.8. The summed E-state index contributed by atoms with van der Waals surface area (Å²) in [5.74, 6) is -1.27. The lowest BCUT2D eigenvalue weighted by Gasteiger charge is -2.05. The third kappa shape index (κ3) is 3.50. The summed E-state index contributed by atoms with van der Waals surface area (Å²) in [6.45, 7) is -0.463. The Morgan fingerprint density at radius 2 is 1.62 bits per heavy atom. The Hall–Kier alpha value is -3.02. The van der Waals surface area contributed by atoms with Crippen LogP contribution in [0.25, 0.3) is 0 Å². The number of rotatable bonds is 5. The summed E-state index contributed by atoms with van der Waals surface area (Å²) in [6.07, 6.45) is 0. The van der Waals surface area contributed by atoms with Crippen LogP contribution in [0, 0.1) is 10.1 Å². The van der Waals surface area contributed by atoms with Crippen molar-refractivity contribution in [3.8, 4) is 0 Å². The van der Waals surface area contributed by atoms with Gasteiger partial charge in [0.15, 0.2) is 12.4 Å². The van der Waals surface area contributed by atoms with Crippen LogP contribution in [-0.2, 0) is 4.74 Å². The molecule has 0 heterocycles. The van der Waals surface area contributed by atoms with Crippen molar-refractivity contribution >= 4 is 17.4 Å². The molecule has 0 amide bonds. The van der Waals surface area contributed by atoms with E-state index in [9.17, 15) is 19.7 Å². The fourth-order valence-electron chi connectivity index (χ4n) is 1.72. The minimum Gasteiger partial charge on any atom is -0.454 e. The molecular formula is C15H11NO5. The molecule has 0 atom stereocenters. The second-order valence-corrected chi connectivity index (χ2v) is 4.14. The Morgan fingerprint density at radius 3 is 2.29 bits per heavy atom. The number of Topliss-reactive ketones (excluding diaryl/α,β-unsaturated/α-hetero) is 1. The molecule has 0 saturated carbocycles. The van der Waals surface area contributed by atoms with Crippen molar-refractivity contribution in [1.82, 2.24) is 0 Å². The molecule has 2 rings (SSSR count). The predicted molar refractivity (Wildman–Crippen MR) is 74.2 cm³/mol. The average molecular weight is 285 g/mol. The Labute approximate surface area is 120 Å². The highest BCUT2D eigenvalue weighted by molar-refractivity contribution is 6.00. The number of nitrogens with zero attached hydrogens (tertiary/aromatic N) is 1. The predicted octanol–water partition coefficient (Wildman–Crippen LogP) is 2.63. The zero-order valence-corrected chi connectivity index (χ0v) is 10.9. The Bertz CT molecular complexity index is 681. The van der Waals surface area contributed by atoms with Gasteiger partial charge in [-0.05, 0) is 6.07 Å². The van der Waals surface area contributed by atoms with Gasteiger partial charge < -0.3 is 4.74 Å². The SMILES string of the molecule is O=C(COC(=O)c1ccccc1[N+](=O)[O-])c1ccccc1. The van der Waals surface area contributed by atoms with Crippen LogP contribution < -0.4 is 0 Å². The maximum absolute atomic E-state index is 11.8. The molecule has 0 aliphatic carbocycles. The zero-order chi connectivity index (χ0) is 15.2. The second kappa shape index (κ2) is 6.42. The lowest BCUT2D eigenvalue weighted by molar-refractivity contribution is -0.385. The van der Waals surface area contributed by atoms with Gasteiger partial charge in [0.2, 0.25) is 0 Å². The molecule has 0 fully saturated rings. The van der Waals surface area contributed by atoms with Gasteiger partial charge in [0.1, 0.15) is 5.56 Å². The number of benzene rings is 2. The van der Waals surface area contributed by atoms with Gasteiger partial charge in [0.25, 0.3) is 5.69 Å². The van der Waals surface area contributed by atoms with Gasteiger partial charge in [0, 0.05) is 11.6 Å². The van der Waals surface area contributed by atoms with Crippen molar-refractivity contribution in [3.05, 3.63) is 75.8 Å². The van der Waals surface area contributed by atoms with Crippen molar-refractivity contribution in [2.45, 2.75) is 0 Å². The summed E-state index contributed by atoms with van der Waals surface area (Å²) < 4.78 is 4.84. The largest absolute Gasteiger partial charge is 0.454 e. The van der Waals surface area contributed by atoms with Crippen molar-refractivity contribution in [3.63, 3.8) is 0 Å². The summed E-state index contributed by atoms with van der Waals surface area (Å²) in [5, 5.41) is 10.8. The molecular weight excluding hydrogens is 274 g/mol. The van der Waals surface area contributed by atoms with Crippen LogP contribution in [0.1, 0.15) is 20.7 Å². The van der Waals surface area contributed by atoms with E-state index in [1.54, 1.807) is 30.3 Å². The average Bonchev–Trinajstić information content (AvgIpc) is 2.53. The fraction of sp³-hybridized carbons (Fsp3) is 0.0667. The van der Waals surface area contributed by atoms with Gasteiger partial charge in [0.05, 0.1) is 4.92 Å². The fourth-order valence-corrected chi connectivity index (χ4v) is 1.72. The van der Waals surface area contributed by atoms with E-state index in [4.69, 9.17) is 4.74 Å². The molecule has 106 valence electrons. The van der Waals surface area contributed by atoms with Crippen LogP contribution in [0.2, 0.25) is 0 Å². The Morgan fingerprint density at radius 1 is 1.00 bits per heavy atom. The van der Waals surface area contributed by atoms with Gasteiger partial charge in [-0.25, -0.2) is 4.79 Å². The van der Waals surface area contributed by atoms with E-state index < -0.39 is 17.5 Å². The van der Waals surface area contributed by atoms with Gasteiger partial charge in [-0.2, -0.15) is 0 Å². The number of hydrogen-bond acceptors (Lipinski definition) is 5. The first-order chi connectivity index (χ1) is 10.1. The minimum absolute atomic E-state index is 0.177. The Balaban J connectivity index is 2.06. The van der Waals surface area contributed by atoms with E-state index >= 15 is 0 Å². The molecule has 0 aliphatic rings. The summed E-state index contributed by atoms with van der Waals surface area (Å²) >= 11 is 0.